The number of benzene rings is 2. The van der Waals surface area contributed by atoms with Crippen LogP contribution in [0.25, 0.3) is 0 Å². The number of nitro benzene ring substituents is 1. The Hall–Kier alpha value is -2.40. The fourth-order valence-electron chi connectivity index (χ4n) is 3.18. The third-order valence-corrected chi connectivity index (χ3v) is 4.49. The van der Waals surface area contributed by atoms with E-state index in [1.54, 1.807) is 19.2 Å². The largest absolute Gasteiger partial charge is 0.497 e. The van der Waals surface area contributed by atoms with E-state index in [4.69, 9.17) is 4.74 Å². The number of hydrogen-bond donors (Lipinski definition) is 0. The van der Waals surface area contributed by atoms with Crippen molar-refractivity contribution in [2.45, 2.75) is 12.3 Å². The highest BCUT2D eigenvalue weighted by Crippen LogP contribution is 2.34. The van der Waals surface area contributed by atoms with Crippen molar-refractivity contribution in [1.29, 1.82) is 0 Å². The van der Waals surface area contributed by atoms with Crippen LogP contribution in [0.15, 0.2) is 42.5 Å². The monoisotopic (exact) mass is 312 g/mol. The average molecular weight is 312 g/mol. The van der Waals surface area contributed by atoms with E-state index in [1.165, 1.54) is 11.1 Å². The maximum absolute atomic E-state index is 10.9. The van der Waals surface area contributed by atoms with Gasteiger partial charge in [-0.1, -0.05) is 18.2 Å². The Morgan fingerprint density at radius 2 is 1.96 bits per heavy atom. The van der Waals surface area contributed by atoms with Gasteiger partial charge in [-0.25, -0.2) is 0 Å². The van der Waals surface area contributed by atoms with Crippen LogP contribution in [0.4, 0.5) is 5.69 Å². The number of non-ortho nitro benzene ring substituents is 1. The number of ether oxygens (including phenoxy) is 1. The van der Waals surface area contributed by atoms with Crippen LogP contribution in [0.1, 0.15) is 22.6 Å². The second-order valence-electron chi connectivity index (χ2n) is 5.98. The van der Waals surface area contributed by atoms with Gasteiger partial charge in [0.2, 0.25) is 0 Å². The van der Waals surface area contributed by atoms with Crippen LogP contribution >= 0.6 is 0 Å². The lowest BCUT2D eigenvalue weighted by molar-refractivity contribution is -0.384. The molecule has 1 unspecified atom stereocenters. The molecular weight excluding hydrogens is 292 g/mol. The van der Waals surface area contributed by atoms with Crippen molar-refractivity contribution in [3.05, 3.63) is 69.3 Å². The molecule has 5 nitrogen and oxygen atoms in total. The smallest absolute Gasteiger partial charge is 0.269 e. The minimum absolute atomic E-state index is 0.126. The predicted molar refractivity (Wildman–Crippen MR) is 89.1 cm³/mol. The van der Waals surface area contributed by atoms with E-state index in [0.717, 1.165) is 30.8 Å². The quantitative estimate of drug-likeness (QED) is 0.645. The second kappa shape index (κ2) is 6.38. The zero-order chi connectivity index (χ0) is 16.4. The molecule has 0 aromatic heterocycles. The first-order valence-electron chi connectivity index (χ1n) is 7.68. The van der Waals surface area contributed by atoms with Crippen LogP contribution in [0.2, 0.25) is 0 Å². The number of methoxy groups -OCH3 is 1. The Balaban J connectivity index is 2.04. The summed E-state index contributed by atoms with van der Waals surface area (Å²) in [4.78, 5) is 12.8. The number of likely N-dealkylation sites (N-methyl/N-ethyl adjacent to an activating group) is 1. The topological polar surface area (TPSA) is 55.6 Å². The Bertz CT molecular complexity index is 713. The molecule has 0 radical (unpaired) electrons. The third-order valence-electron chi connectivity index (χ3n) is 4.49. The summed E-state index contributed by atoms with van der Waals surface area (Å²) in [7, 11) is 3.78. The zero-order valence-corrected chi connectivity index (χ0v) is 13.4. The molecular formula is C18H20N2O3. The lowest BCUT2D eigenvalue weighted by Gasteiger charge is -2.22. The van der Waals surface area contributed by atoms with E-state index in [9.17, 15) is 10.1 Å². The van der Waals surface area contributed by atoms with Crippen LogP contribution < -0.4 is 4.74 Å². The van der Waals surface area contributed by atoms with Gasteiger partial charge in [0.15, 0.2) is 0 Å². The van der Waals surface area contributed by atoms with Gasteiger partial charge in [-0.15, -0.1) is 0 Å². The van der Waals surface area contributed by atoms with Crippen molar-refractivity contribution in [3.63, 3.8) is 0 Å². The normalized spacial score (nSPS) is 18.1. The van der Waals surface area contributed by atoms with Gasteiger partial charge in [-0.3, -0.25) is 10.1 Å². The Morgan fingerprint density at radius 3 is 2.61 bits per heavy atom. The standard InChI is InChI=1S/C18H20N2O3/c1-19-10-9-14-5-8-16(23-2)11-17(14)18(12-19)13-3-6-15(7-4-13)20(21)22/h3-8,11,18H,9-10,12H2,1-2H3. The molecule has 120 valence electrons. The number of nitrogens with zero attached hydrogens (tertiary/aromatic N) is 2. The molecule has 1 aliphatic heterocycles. The summed E-state index contributed by atoms with van der Waals surface area (Å²) >= 11 is 0. The first-order valence-corrected chi connectivity index (χ1v) is 7.68. The molecule has 1 atom stereocenters. The highest BCUT2D eigenvalue weighted by Gasteiger charge is 2.24. The summed E-state index contributed by atoms with van der Waals surface area (Å²) in [5, 5.41) is 10.9. The molecule has 1 heterocycles. The Morgan fingerprint density at radius 1 is 1.22 bits per heavy atom. The molecule has 0 saturated carbocycles. The summed E-state index contributed by atoms with van der Waals surface area (Å²) in [6.45, 7) is 1.89. The maximum atomic E-state index is 10.9. The van der Waals surface area contributed by atoms with Crippen LogP contribution in [-0.2, 0) is 6.42 Å². The van der Waals surface area contributed by atoms with Gasteiger partial charge >= 0.3 is 0 Å². The van der Waals surface area contributed by atoms with Gasteiger partial charge in [0.05, 0.1) is 12.0 Å². The van der Waals surface area contributed by atoms with E-state index in [2.05, 4.69) is 24.1 Å². The van der Waals surface area contributed by atoms with E-state index in [1.807, 2.05) is 18.2 Å². The Kier molecular flexibility index (Phi) is 4.30. The highest BCUT2D eigenvalue weighted by atomic mass is 16.6. The van der Waals surface area contributed by atoms with Gasteiger partial charge in [0, 0.05) is 31.1 Å². The summed E-state index contributed by atoms with van der Waals surface area (Å²) in [5.41, 5.74) is 3.79. The number of fused-ring (bicyclic) bond motifs is 1. The number of hydrogen-bond acceptors (Lipinski definition) is 4. The van der Waals surface area contributed by atoms with E-state index >= 15 is 0 Å². The molecule has 0 aliphatic carbocycles. The molecule has 0 spiro atoms. The van der Waals surface area contributed by atoms with E-state index in [0.29, 0.717) is 0 Å². The molecule has 23 heavy (non-hydrogen) atoms. The lowest BCUT2D eigenvalue weighted by Crippen LogP contribution is -2.24. The minimum Gasteiger partial charge on any atom is -0.497 e. The molecule has 0 bridgehead atoms. The molecule has 0 N–H and O–H groups in total. The summed E-state index contributed by atoms with van der Waals surface area (Å²) < 4.78 is 5.38. The van der Waals surface area contributed by atoms with Gasteiger partial charge < -0.3 is 9.64 Å². The fraction of sp³-hybridized carbons (Fsp3) is 0.333. The average Bonchev–Trinajstić information content (AvgIpc) is 2.73. The maximum Gasteiger partial charge on any atom is 0.269 e. The highest BCUT2D eigenvalue weighted by molar-refractivity contribution is 5.45. The fourth-order valence-corrected chi connectivity index (χ4v) is 3.18. The Labute approximate surface area is 135 Å². The van der Waals surface area contributed by atoms with Crippen LogP contribution in [0, 0.1) is 10.1 Å². The molecule has 0 amide bonds. The van der Waals surface area contributed by atoms with Crippen molar-refractivity contribution in [3.8, 4) is 5.75 Å². The van der Waals surface area contributed by atoms with Crippen LogP contribution in [0.3, 0.4) is 0 Å². The first-order chi connectivity index (χ1) is 11.1. The van der Waals surface area contributed by atoms with Gasteiger partial charge in [-0.2, -0.15) is 0 Å². The molecule has 2 aromatic carbocycles. The number of rotatable bonds is 3. The van der Waals surface area contributed by atoms with Crippen molar-refractivity contribution >= 4 is 5.69 Å². The third kappa shape index (κ3) is 3.19. The molecule has 5 heteroatoms. The summed E-state index contributed by atoms with van der Waals surface area (Å²) in [6, 6.07) is 13.1. The second-order valence-corrected chi connectivity index (χ2v) is 5.98. The summed E-state index contributed by atoms with van der Waals surface area (Å²) in [6.07, 6.45) is 0.999. The minimum atomic E-state index is -0.361. The molecule has 1 aliphatic rings. The van der Waals surface area contributed by atoms with Crippen LogP contribution in [0.5, 0.6) is 5.75 Å². The molecule has 0 saturated heterocycles. The molecule has 2 aromatic rings. The zero-order valence-electron chi connectivity index (χ0n) is 13.4. The predicted octanol–water partition coefficient (Wildman–Crippen LogP) is 3.22. The molecule has 3 rings (SSSR count). The van der Waals surface area contributed by atoms with Gasteiger partial charge in [0.25, 0.3) is 5.69 Å². The first kappa shape index (κ1) is 15.5. The lowest BCUT2D eigenvalue weighted by atomic mass is 9.88. The van der Waals surface area contributed by atoms with Gasteiger partial charge in [0.1, 0.15) is 5.75 Å². The van der Waals surface area contributed by atoms with Crippen LogP contribution in [-0.4, -0.2) is 37.1 Å². The van der Waals surface area contributed by atoms with Crippen molar-refractivity contribution in [2.75, 3.05) is 27.2 Å². The summed E-state index contributed by atoms with van der Waals surface area (Å²) in [5.74, 6) is 1.04. The van der Waals surface area contributed by atoms with Crippen molar-refractivity contribution in [2.24, 2.45) is 0 Å². The van der Waals surface area contributed by atoms with E-state index < -0.39 is 0 Å². The van der Waals surface area contributed by atoms with E-state index in [-0.39, 0.29) is 16.5 Å². The SMILES string of the molecule is COc1ccc2c(c1)C(c1ccc([N+](=O)[O-])cc1)CN(C)CC2. The number of nitro groups is 1. The van der Waals surface area contributed by atoms with Gasteiger partial charge in [-0.05, 0) is 42.3 Å². The molecule has 0 fully saturated rings. The van der Waals surface area contributed by atoms with Crippen molar-refractivity contribution in [1.82, 2.24) is 4.90 Å². The van der Waals surface area contributed by atoms with Crippen molar-refractivity contribution < 1.29 is 9.66 Å².